The van der Waals surface area contributed by atoms with E-state index < -0.39 is 6.10 Å². The van der Waals surface area contributed by atoms with Gasteiger partial charge in [-0.2, -0.15) is 0 Å². The molecule has 188 valence electrons. The normalized spacial score (nSPS) is 11.5. The van der Waals surface area contributed by atoms with Crippen LogP contribution in [0, 0.1) is 0 Å². The fourth-order valence-electron chi connectivity index (χ4n) is 4.04. The van der Waals surface area contributed by atoms with Gasteiger partial charge < -0.3 is 15.2 Å². The van der Waals surface area contributed by atoms with Crippen molar-refractivity contribution in [1.29, 1.82) is 0 Å². The molecular weight excluding hydrogens is 462 g/mol. The van der Waals surface area contributed by atoms with Crippen LogP contribution in [0.15, 0.2) is 109 Å². The van der Waals surface area contributed by atoms with Crippen molar-refractivity contribution in [3.8, 4) is 5.75 Å². The maximum atomic E-state index is 12.7. The minimum atomic E-state index is -0.653. The summed E-state index contributed by atoms with van der Waals surface area (Å²) in [5.41, 5.74) is 3.90. The van der Waals surface area contributed by atoms with Gasteiger partial charge in [0.05, 0.1) is 11.7 Å². The topological polar surface area (TPSA) is 75.6 Å². The van der Waals surface area contributed by atoms with Gasteiger partial charge in [0, 0.05) is 17.7 Å². The molecule has 0 aliphatic carbocycles. The lowest BCUT2D eigenvalue weighted by molar-refractivity contribution is 0.0903. The maximum absolute atomic E-state index is 12.7. The lowest BCUT2D eigenvalue weighted by Gasteiger charge is -2.15. The number of rotatable bonds is 12. The second kappa shape index (κ2) is 13.2. The molecule has 2 N–H and O–H groups in total. The third-order valence-electron chi connectivity index (χ3n) is 6.11. The molecule has 5 nitrogen and oxygen atoms in total. The standard InChI is InChI=1S/C32H31NO4/c34-28(15-9-12-24-18-20-27(21-19-24)31(35)26-13-5-2-6-14-26)23-37-30-17-8-7-16-29(30)32(36)33-22-25-10-3-1-4-11-25/h1-8,10-11,13-14,16-21,28,34H,9,12,15,22-23H2,(H,33,36). The number of aliphatic hydroxyl groups excluding tert-OH is 1. The average molecular weight is 494 g/mol. The van der Waals surface area contributed by atoms with E-state index in [1.807, 2.05) is 91.0 Å². The van der Waals surface area contributed by atoms with Gasteiger partial charge in [-0.05, 0) is 42.5 Å². The second-order valence-corrected chi connectivity index (χ2v) is 8.91. The molecule has 0 spiro atoms. The van der Waals surface area contributed by atoms with Gasteiger partial charge in [0.1, 0.15) is 12.4 Å². The molecule has 1 atom stereocenters. The summed E-state index contributed by atoms with van der Waals surface area (Å²) in [4.78, 5) is 25.2. The summed E-state index contributed by atoms with van der Waals surface area (Å²) >= 11 is 0. The average Bonchev–Trinajstić information content (AvgIpc) is 2.96. The van der Waals surface area contributed by atoms with Crippen LogP contribution in [0.3, 0.4) is 0 Å². The Balaban J connectivity index is 1.22. The number of amides is 1. The molecule has 0 saturated carbocycles. The van der Waals surface area contributed by atoms with Crippen molar-refractivity contribution in [2.24, 2.45) is 0 Å². The van der Waals surface area contributed by atoms with Crippen molar-refractivity contribution in [2.45, 2.75) is 31.9 Å². The third-order valence-corrected chi connectivity index (χ3v) is 6.11. The molecule has 0 heterocycles. The Hall–Kier alpha value is -4.22. The number of carbonyl (C=O) groups excluding carboxylic acids is 2. The van der Waals surface area contributed by atoms with Gasteiger partial charge in [-0.1, -0.05) is 97.1 Å². The number of nitrogens with one attached hydrogen (secondary N) is 1. The van der Waals surface area contributed by atoms with Gasteiger partial charge in [0.25, 0.3) is 5.91 Å². The van der Waals surface area contributed by atoms with E-state index in [9.17, 15) is 14.7 Å². The highest BCUT2D eigenvalue weighted by molar-refractivity contribution is 6.08. The van der Waals surface area contributed by atoms with Crippen LogP contribution in [0.2, 0.25) is 0 Å². The first kappa shape index (κ1) is 25.9. The van der Waals surface area contributed by atoms with Crippen molar-refractivity contribution in [2.75, 3.05) is 6.61 Å². The van der Waals surface area contributed by atoms with E-state index in [0.717, 1.165) is 24.0 Å². The van der Waals surface area contributed by atoms with E-state index in [1.165, 1.54) is 0 Å². The van der Waals surface area contributed by atoms with Crippen LogP contribution in [0.5, 0.6) is 5.75 Å². The van der Waals surface area contributed by atoms with Gasteiger partial charge in [0.2, 0.25) is 0 Å². The summed E-state index contributed by atoms with van der Waals surface area (Å²) in [6.07, 6.45) is 1.47. The number of hydrogen-bond acceptors (Lipinski definition) is 4. The predicted molar refractivity (Wildman–Crippen MR) is 145 cm³/mol. The fourth-order valence-corrected chi connectivity index (χ4v) is 4.04. The largest absolute Gasteiger partial charge is 0.490 e. The third kappa shape index (κ3) is 7.63. The molecule has 0 bridgehead atoms. The molecule has 5 heteroatoms. The lowest BCUT2D eigenvalue weighted by atomic mass is 10.00. The Kier molecular flexibility index (Phi) is 9.22. The zero-order chi connectivity index (χ0) is 25.9. The smallest absolute Gasteiger partial charge is 0.255 e. The molecule has 1 amide bonds. The van der Waals surface area contributed by atoms with E-state index in [1.54, 1.807) is 18.2 Å². The first-order valence-electron chi connectivity index (χ1n) is 12.5. The van der Waals surface area contributed by atoms with Gasteiger partial charge in [0.15, 0.2) is 5.78 Å². The molecule has 4 rings (SSSR count). The number of carbonyl (C=O) groups is 2. The van der Waals surface area contributed by atoms with Crippen LogP contribution in [0.25, 0.3) is 0 Å². The molecule has 37 heavy (non-hydrogen) atoms. The number of aryl methyl sites for hydroxylation is 1. The number of benzene rings is 4. The molecular formula is C32H31NO4. The number of hydrogen-bond donors (Lipinski definition) is 2. The van der Waals surface area contributed by atoms with E-state index >= 15 is 0 Å². The van der Waals surface area contributed by atoms with Crippen LogP contribution in [-0.2, 0) is 13.0 Å². The van der Waals surface area contributed by atoms with Crippen molar-refractivity contribution in [1.82, 2.24) is 5.32 Å². The van der Waals surface area contributed by atoms with Crippen molar-refractivity contribution < 1.29 is 19.4 Å². The minimum Gasteiger partial charge on any atom is -0.490 e. The monoisotopic (exact) mass is 493 g/mol. The van der Waals surface area contributed by atoms with Crippen molar-refractivity contribution in [3.63, 3.8) is 0 Å². The maximum Gasteiger partial charge on any atom is 0.255 e. The van der Waals surface area contributed by atoms with E-state index in [4.69, 9.17) is 4.74 Å². The Morgan fingerprint density at radius 2 is 1.35 bits per heavy atom. The van der Waals surface area contributed by atoms with E-state index in [2.05, 4.69) is 5.32 Å². The van der Waals surface area contributed by atoms with Crippen LogP contribution in [-0.4, -0.2) is 29.5 Å². The number of ketones is 1. The van der Waals surface area contributed by atoms with Crippen LogP contribution in [0.1, 0.15) is 50.2 Å². The quantitative estimate of drug-likeness (QED) is 0.252. The zero-order valence-electron chi connectivity index (χ0n) is 20.7. The highest BCUT2D eigenvalue weighted by atomic mass is 16.5. The molecule has 0 aliphatic rings. The van der Waals surface area contributed by atoms with E-state index in [-0.39, 0.29) is 18.3 Å². The molecule has 0 saturated heterocycles. The zero-order valence-corrected chi connectivity index (χ0v) is 20.7. The Morgan fingerprint density at radius 1 is 0.730 bits per heavy atom. The summed E-state index contributed by atoms with van der Waals surface area (Å²) in [7, 11) is 0. The van der Waals surface area contributed by atoms with Crippen LogP contribution < -0.4 is 10.1 Å². The van der Waals surface area contributed by atoms with E-state index in [0.29, 0.717) is 35.4 Å². The lowest BCUT2D eigenvalue weighted by Crippen LogP contribution is -2.24. The highest BCUT2D eigenvalue weighted by Crippen LogP contribution is 2.19. The highest BCUT2D eigenvalue weighted by Gasteiger charge is 2.14. The number of ether oxygens (including phenoxy) is 1. The number of para-hydroxylation sites is 1. The first-order valence-corrected chi connectivity index (χ1v) is 12.5. The predicted octanol–water partition coefficient (Wildman–Crippen LogP) is 5.61. The summed E-state index contributed by atoms with van der Waals surface area (Å²) in [6, 6.07) is 33.6. The molecule has 1 unspecified atom stereocenters. The molecule has 0 aliphatic heterocycles. The Morgan fingerprint density at radius 3 is 2.08 bits per heavy atom. The molecule has 0 radical (unpaired) electrons. The second-order valence-electron chi connectivity index (χ2n) is 8.91. The minimum absolute atomic E-state index is 0.00810. The molecule has 0 fully saturated rings. The SMILES string of the molecule is O=C(c1ccccc1)c1ccc(CCCC(O)COc2ccccc2C(=O)NCc2ccccc2)cc1. The van der Waals surface area contributed by atoms with Gasteiger partial charge in [-0.3, -0.25) is 9.59 Å². The molecule has 4 aromatic carbocycles. The van der Waals surface area contributed by atoms with Crippen molar-refractivity contribution in [3.05, 3.63) is 137 Å². The fraction of sp³-hybridized carbons (Fsp3) is 0.188. The summed E-state index contributed by atoms with van der Waals surface area (Å²) in [5.74, 6) is 0.239. The summed E-state index contributed by atoms with van der Waals surface area (Å²) < 4.78 is 5.81. The number of aliphatic hydroxyl groups is 1. The van der Waals surface area contributed by atoms with Crippen LogP contribution >= 0.6 is 0 Å². The first-order chi connectivity index (χ1) is 18.1. The van der Waals surface area contributed by atoms with Gasteiger partial charge in [-0.25, -0.2) is 0 Å². The summed E-state index contributed by atoms with van der Waals surface area (Å²) in [5, 5.41) is 13.4. The Labute approximate surface area is 217 Å². The summed E-state index contributed by atoms with van der Waals surface area (Å²) in [6.45, 7) is 0.533. The molecule has 0 aromatic heterocycles. The van der Waals surface area contributed by atoms with Gasteiger partial charge in [-0.15, -0.1) is 0 Å². The molecule has 4 aromatic rings. The van der Waals surface area contributed by atoms with Gasteiger partial charge >= 0.3 is 0 Å². The van der Waals surface area contributed by atoms with Crippen molar-refractivity contribution >= 4 is 11.7 Å². The Bertz CT molecular complexity index is 1290. The van der Waals surface area contributed by atoms with Crippen LogP contribution in [0.4, 0.5) is 0 Å².